The summed E-state index contributed by atoms with van der Waals surface area (Å²) in [7, 11) is 0. The molecular formula is C14H12Cl2N2OS. The van der Waals surface area contributed by atoms with Gasteiger partial charge in [0, 0.05) is 0 Å². The second-order valence-corrected chi connectivity index (χ2v) is 5.42. The Kier molecular flexibility index (Phi) is 5.17. The van der Waals surface area contributed by atoms with E-state index in [1.54, 1.807) is 24.3 Å². The van der Waals surface area contributed by atoms with Crippen LogP contribution in [-0.2, 0) is 0 Å². The predicted octanol–water partition coefficient (Wildman–Crippen LogP) is 5.09. The standard InChI is InChI=1S/C14H12Cl2N2OS/c1-20-14(17)18-11-7-2-3-8-12(11)19-13-9(15)5-4-6-10(13)16/h2-8H,1H3,(H2,17,18). The monoisotopic (exact) mass is 326 g/mol. The molecule has 2 aromatic carbocycles. The molecular weight excluding hydrogens is 315 g/mol. The summed E-state index contributed by atoms with van der Waals surface area (Å²) in [5.74, 6) is 0.945. The summed E-state index contributed by atoms with van der Waals surface area (Å²) in [4.78, 5) is 4.28. The molecule has 0 aliphatic carbocycles. The van der Waals surface area contributed by atoms with E-state index in [0.29, 0.717) is 32.4 Å². The Morgan fingerprint density at radius 3 is 2.40 bits per heavy atom. The molecule has 0 saturated heterocycles. The molecule has 2 rings (SSSR count). The van der Waals surface area contributed by atoms with Gasteiger partial charge in [0.15, 0.2) is 16.7 Å². The molecule has 0 radical (unpaired) electrons. The number of para-hydroxylation sites is 3. The molecule has 0 aliphatic heterocycles. The minimum absolute atomic E-state index is 0.404. The van der Waals surface area contributed by atoms with Gasteiger partial charge in [-0.1, -0.05) is 53.2 Å². The number of nitrogens with zero attached hydrogens (tertiary/aromatic N) is 1. The Balaban J connectivity index is 2.39. The molecule has 0 aromatic heterocycles. The molecule has 0 bridgehead atoms. The lowest BCUT2D eigenvalue weighted by atomic mass is 10.3. The average Bonchev–Trinajstić information content (AvgIpc) is 2.44. The van der Waals surface area contributed by atoms with Crippen LogP contribution in [-0.4, -0.2) is 11.4 Å². The molecule has 0 saturated carbocycles. The van der Waals surface area contributed by atoms with Gasteiger partial charge in [0.2, 0.25) is 0 Å². The number of rotatable bonds is 3. The van der Waals surface area contributed by atoms with Crippen LogP contribution in [0.1, 0.15) is 0 Å². The number of hydrogen-bond donors (Lipinski definition) is 1. The van der Waals surface area contributed by atoms with E-state index in [9.17, 15) is 0 Å². The Morgan fingerprint density at radius 2 is 1.75 bits per heavy atom. The quantitative estimate of drug-likeness (QED) is 0.630. The Bertz CT molecular complexity index is 627. The molecule has 0 atom stereocenters. The normalized spacial score (nSPS) is 11.4. The van der Waals surface area contributed by atoms with Gasteiger partial charge in [-0.3, -0.25) is 0 Å². The van der Waals surface area contributed by atoms with Crippen molar-refractivity contribution in [1.82, 2.24) is 0 Å². The number of aliphatic imine (C=N–C) groups is 1. The van der Waals surface area contributed by atoms with Crippen LogP contribution in [0.3, 0.4) is 0 Å². The van der Waals surface area contributed by atoms with Crippen molar-refractivity contribution < 1.29 is 4.74 Å². The van der Waals surface area contributed by atoms with Crippen LogP contribution < -0.4 is 10.5 Å². The van der Waals surface area contributed by atoms with Crippen molar-refractivity contribution in [1.29, 1.82) is 0 Å². The number of ether oxygens (including phenoxy) is 1. The van der Waals surface area contributed by atoms with Crippen LogP contribution in [0.25, 0.3) is 0 Å². The highest BCUT2D eigenvalue weighted by Crippen LogP contribution is 2.39. The first-order valence-electron chi connectivity index (χ1n) is 5.71. The second kappa shape index (κ2) is 6.88. The Morgan fingerprint density at radius 1 is 1.10 bits per heavy atom. The highest BCUT2D eigenvalue weighted by atomic mass is 35.5. The third-order valence-corrected chi connectivity index (χ3v) is 3.54. The molecule has 3 nitrogen and oxygen atoms in total. The molecule has 0 heterocycles. The van der Waals surface area contributed by atoms with Crippen molar-refractivity contribution in [3.8, 4) is 11.5 Å². The number of halogens is 2. The van der Waals surface area contributed by atoms with Gasteiger partial charge in [-0.05, 0) is 30.5 Å². The molecule has 0 unspecified atom stereocenters. The maximum atomic E-state index is 6.09. The third-order valence-electron chi connectivity index (χ3n) is 2.44. The largest absolute Gasteiger partial charge is 0.452 e. The molecule has 0 aliphatic rings. The molecule has 104 valence electrons. The van der Waals surface area contributed by atoms with Gasteiger partial charge in [-0.15, -0.1) is 0 Å². The van der Waals surface area contributed by atoms with Gasteiger partial charge in [-0.2, -0.15) is 0 Å². The highest BCUT2D eigenvalue weighted by Gasteiger charge is 2.10. The van der Waals surface area contributed by atoms with E-state index in [-0.39, 0.29) is 0 Å². The summed E-state index contributed by atoms with van der Waals surface area (Å²) < 4.78 is 5.78. The fraction of sp³-hybridized carbons (Fsp3) is 0.0714. The lowest BCUT2D eigenvalue weighted by Crippen LogP contribution is -2.04. The van der Waals surface area contributed by atoms with Crippen molar-refractivity contribution in [3.05, 3.63) is 52.5 Å². The first-order valence-corrected chi connectivity index (χ1v) is 7.69. The molecule has 20 heavy (non-hydrogen) atoms. The highest BCUT2D eigenvalue weighted by molar-refractivity contribution is 8.13. The summed E-state index contributed by atoms with van der Waals surface area (Å²) in [5, 5.41) is 1.33. The fourth-order valence-corrected chi connectivity index (χ4v) is 2.15. The summed E-state index contributed by atoms with van der Waals surface area (Å²) in [6.07, 6.45) is 1.85. The summed E-state index contributed by atoms with van der Waals surface area (Å²) in [6, 6.07) is 12.5. The fourth-order valence-electron chi connectivity index (χ4n) is 1.49. The smallest absolute Gasteiger partial charge is 0.164 e. The van der Waals surface area contributed by atoms with Crippen LogP contribution in [0.15, 0.2) is 47.5 Å². The zero-order valence-electron chi connectivity index (χ0n) is 10.6. The topological polar surface area (TPSA) is 47.6 Å². The number of hydrogen-bond acceptors (Lipinski definition) is 3. The lowest BCUT2D eigenvalue weighted by molar-refractivity contribution is 0.484. The summed E-state index contributed by atoms with van der Waals surface area (Å²) in [6.45, 7) is 0. The van der Waals surface area contributed by atoms with Crippen molar-refractivity contribution in [3.63, 3.8) is 0 Å². The minimum Gasteiger partial charge on any atom is -0.452 e. The van der Waals surface area contributed by atoms with Gasteiger partial charge >= 0.3 is 0 Å². The number of thioether (sulfide) groups is 1. The van der Waals surface area contributed by atoms with Crippen molar-refractivity contribution >= 4 is 45.8 Å². The van der Waals surface area contributed by atoms with Gasteiger partial charge in [0.05, 0.1) is 10.0 Å². The third kappa shape index (κ3) is 3.60. The maximum Gasteiger partial charge on any atom is 0.164 e. The first-order chi connectivity index (χ1) is 9.61. The van der Waals surface area contributed by atoms with E-state index in [1.165, 1.54) is 11.8 Å². The van der Waals surface area contributed by atoms with Crippen LogP contribution in [0.5, 0.6) is 11.5 Å². The predicted molar refractivity (Wildman–Crippen MR) is 87.8 cm³/mol. The molecule has 0 spiro atoms. The number of nitrogens with two attached hydrogens (primary N) is 1. The summed E-state index contributed by atoms with van der Waals surface area (Å²) >= 11 is 13.5. The van der Waals surface area contributed by atoms with Crippen molar-refractivity contribution in [2.75, 3.05) is 6.26 Å². The van der Waals surface area contributed by atoms with Gasteiger partial charge in [0.1, 0.15) is 5.69 Å². The number of amidine groups is 1. The summed E-state index contributed by atoms with van der Waals surface area (Å²) in [5.41, 5.74) is 6.35. The van der Waals surface area contributed by atoms with E-state index >= 15 is 0 Å². The Hall–Kier alpha value is -1.36. The first kappa shape index (κ1) is 15.0. The van der Waals surface area contributed by atoms with Gasteiger partial charge in [-0.25, -0.2) is 4.99 Å². The van der Waals surface area contributed by atoms with Gasteiger partial charge < -0.3 is 10.5 Å². The van der Waals surface area contributed by atoms with Crippen LogP contribution in [0, 0.1) is 0 Å². The van der Waals surface area contributed by atoms with E-state index in [1.807, 2.05) is 24.5 Å². The van der Waals surface area contributed by atoms with Gasteiger partial charge in [0.25, 0.3) is 0 Å². The molecule has 2 N–H and O–H groups in total. The zero-order chi connectivity index (χ0) is 14.5. The van der Waals surface area contributed by atoms with Crippen LogP contribution >= 0.6 is 35.0 Å². The molecule has 6 heteroatoms. The Labute approximate surface area is 131 Å². The second-order valence-electron chi connectivity index (χ2n) is 3.77. The van der Waals surface area contributed by atoms with Crippen molar-refractivity contribution in [2.45, 2.75) is 0 Å². The SMILES string of the molecule is CSC(N)=Nc1ccccc1Oc1c(Cl)cccc1Cl. The molecule has 0 fully saturated rings. The molecule has 2 aromatic rings. The zero-order valence-corrected chi connectivity index (χ0v) is 13.0. The lowest BCUT2D eigenvalue weighted by Gasteiger charge is -2.11. The van der Waals surface area contributed by atoms with E-state index in [2.05, 4.69) is 4.99 Å². The van der Waals surface area contributed by atoms with Crippen LogP contribution in [0.4, 0.5) is 5.69 Å². The van der Waals surface area contributed by atoms with Crippen LogP contribution in [0.2, 0.25) is 10.0 Å². The minimum atomic E-state index is 0.404. The molecule has 0 amide bonds. The van der Waals surface area contributed by atoms with E-state index in [0.717, 1.165) is 0 Å². The maximum absolute atomic E-state index is 6.09. The van der Waals surface area contributed by atoms with Crippen molar-refractivity contribution in [2.24, 2.45) is 10.7 Å². The van der Waals surface area contributed by atoms with E-state index in [4.69, 9.17) is 33.7 Å². The van der Waals surface area contributed by atoms with E-state index < -0.39 is 0 Å². The number of benzene rings is 2. The average molecular weight is 327 g/mol.